The van der Waals surface area contributed by atoms with Crippen LogP contribution in [0.25, 0.3) is 11.0 Å². The van der Waals surface area contributed by atoms with Crippen LogP contribution in [-0.2, 0) is 4.74 Å². The number of hydrogen-bond donors (Lipinski definition) is 1. The van der Waals surface area contributed by atoms with Crippen molar-refractivity contribution in [2.75, 3.05) is 37.7 Å². The highest BCUT2D eigenvalue weighted by Crippen LogP contribution is 2.23. The van der Waals surface area contributed by atoms with E-state index in [2.05, 4.69) is 25.1 Å². The molecule has 0 spiro atoms. The molecule has 0 radical (unpaired) electrons. The van der Waals surface area contributed by atoms with Crippen LogP contribution >= 0.6 is 0 Å². The topological polar surface area (TPSA) is 87.2 Å². The Labute approximate surface area is 122 Å². The molecule has 2 aromatic heterocycles. The van der Waals surface area contributed by atoms with Crippen molar-refractivity contribution in [1.29, 1.82) is 0 Å². The fourth-order valence-corrected chi connectivity index (χ4v) is 2.49. The van der Waals surface area contributed by atoms with Gasteiger partial charge in [0, 0.05) is 26.2 Å². The van der Waals surface area contributed by atoms with Gasteiger partial charge in [-0.15, -0.1) is 0 Å². The summed E-state index contributed by atoms with van der Waals surface area (Å²) in [5.41, 5.74) is 2.55. The summed E-state index contributed by atoms with van der Waals surface area (Å²) in [5.74, 6) is 0.813. The van der Waals surface area contributed by atoms with E-state index in [1.807, 2.05) is 13.8 Å². The molecule has 3 rings (SSSR count). The van der Waals surface area contributed by atoms with Crippen molar-refractivity contribution in [3.8, 4) is 0 Å². The van der Waals surface area contributed by atoms with Crippen LogP contribution in [0, 0.1) is 6.92 Å². The molecule has 0 aliphatic carbocycles. The van der Waals surface area contributed by atoms with Gasteiger partial charge in [0.1, 0.15) is 11.8 Å². The van der Waals surface area contributed by atoms with Crippen molar-refractivity contribution in [2.24, 2.45) is 0 Å². The van der Waals surface area contributed by atoms with Crippen molar-refractivity contribution < 1.29 is 9.53 Å². The largest absolute Gasteiger partial charge is 0.450 e. The molecule has 0 aromatic carbocycles. The lowest BCUT2D eigenvalue weighted by molar-refractivity contribution is 0.105. The van der Waals surface area contributed by atoms with Gasteiger partial charge in [0.2, 0.25) is 0 Å². The van der Waals surface area contributed by atoms with Crippen LogP contribution < -0.4 is 4.90 Å². The Morgan fingerprint density at radius 2 is 2.05 bits per heavy atom. The number of hydrogen-bond acceptors (Lipinski definition) is 6. The van der Waals surface area contributed by atoms with Crippen molar-refractivity contribution in [2.45, 2.75) is 13.8 Å². The average molecular weight is 290 g/mol. The third-order valence-electron chi connectivity index (χ3n) is 3.60. The van der Waals surface area contributed by atoms with E-state index in [1.54, 1.807) is 11.2 Å². The molecule has 1 saturated heterocycles. The Morgan fingerprint density at radius 3 is 2.76 bits per heavy atom. The summed E-state index contributed by atoms with van der Waals surface area (Å²) in [4.78, 5) is 24.1. The zero-order valence-electron chi connectivity index (χ0n) is 12.2. The predicted molar refractivity (Wildman–Crippen MR) is 77.2 cm³/mol. The molecule has 0 saturated carbocycles. The first-order valence-corrected chi connectivity index (χ1v) is 7.03. The second kappa shape index (κ2) is 5.55. The maximum Gasteiger partial charge on any atom is 0.409 e. The minimum absolute atomic E-state index is 0.249. The predicted octanol–water partition coefficient (Wildman–Crippen LogP) is 0.940. The molecule has 1 amide bonds. The molecule has 21 heavy (non-hydrogen) atoms. The van der Waals surface area contributed by atoms with Gasteiger partial charge in [0.05, 0.1) is 12.3 Å². The smallest absolute Gasteiger partial charge is 0.409 e. The van der Waals surface area contributed by atoms with Crippen molar-refractivity contribution in [1.82, 2.24) is 25.1 Å². The second-order valence-electron chi connectivity index (χ2n) is 4.92. The highest BCUT2D eigenvalue weighted by molar-refractivity contribution is 5.87. The van der Waals surface area contributed by atoms with Crippen LogP contribution in [0.4, 0.5) is 10.6 Å². The molecule has 112 valence electrons. The second-order valence-corrected chi connectivity index (χ2v) is 4.92. The van der Waals surface area contributed by atoms with E-state index in [4.69, 9.17) is 4.74 Å². The zero-order chi connectivity index (χ0) is 14.8. The number of nitrogens with zero attached hydrogens (tertiary/aromatic N) is 5. The summed E-state index contributed by atoms with van der Waals surface area (Å²) in [7, 11) is 0. The fourth-order valence-electron chi connectivity index (χ4n) is 2.49. The normalized spacial score (nSPS) is 15.5. The third kappa shape index (κ3) is 2.48. The number of piperazine rings is 1. The van der Waals surface area contributed by atoms with Gasteiger partial charge in [-0.3, -0.25) is 5.10 Å². The number of aromatic amines is 1. The number of aromatic nitrogens is 4. The van der Waals surface area contributed by atoms with E-state index in [0.717, 1.165) is 22.5 Å². The molecule has 1 aliphatic rings. The lowest BCUT2D eigenvalue weighted by Crippen LogP contribution is -2.49. The Bertz CT molecular complexity index is 647. The Kier molecular flexibility index (Phi) is 3.59. The van der Waals surface area contributed by atoms with Crippen LogP contribution in [0.15, 0.2) is 6.33 Å². The first-order valence-electron chi connectivity index (χ1n) is 7.03. The Balaban J connectivity index is 1.75. The van der Waals surface area contributed by atoms with E-state index in [0.29, 0.717) is 32.8 Å². The standard InChI is InChI=1S/C13H18N6O2/c1-3-21-13(20)19-6-4-18(5-7-19)12-11-10(14-8-15-12)9(2)16-17-11/h8H,3-7H2,1-2H3,(H,16,17). The number of amides is 1. The minimum atomic E-state index is -0.249. The first kappa shape index (κ1) is 13.6. The summed E-state index contributed by atoms with van der Waals surface area (Å²) < 4.78 is 5.02. The van der Waals surface area contributed by atoms with Crippen molar-refractivity contribution >= 4 is 22.9 Å². The highest BCUT2D eigenvalue weighted by Gasteiger charge is 2.24. The summed E-state index contributed by atoms with van der Waals surface area (Å²) in [6.07, 6.45) is 1.30. The number of ether oxygens (including phenoxy) is 1. The van der Waals surface area contributed by atoms with Gasteiger partial charge in [-0.1, -0.05) is 0 Å². The number of anilines is 1. The first-order chi connectivity index (χ1) is 10.2. The van der Waals surface area contributed by atoms with E-state index in [1.165, 1.54) is 0 Å². The fraction of sp³-hybridized carbons (Fsp3) is 0.538. The number of fused-ring (bicyclic) bond motifs is 1. The van der Waals surface area contributed by atoms with Crippen LogP contribution in [0.1, 0.15) is 12.6 Å². The lowest BCUT2D eigenvalue weighted by Gasteiger charge is -2.34. The summed E-state index contributed by atoms with van der Waals surface area (Å²) in [5, 5.41) is 7.22. The van der Waals surface area contributed by atoms with Gasteiger partial charge in [0.25, 0.3) is 0 Å². The van der Waals surface area contributed by atoms with Gasteiger partial charge in [-0.25, -0.2) is 14.8 Å². The lowest BCUT2D eigenvalue weighted by atomic mass is 10.3. The molecular formula is C13H18N6O2. The Morgan fingerprint density at radius 1 is 1.29 bits per heavy atom. The van der Waals surface area contributed by atoms with Gasteiger partial charge in [0.15, 0.2) is 11.3 Å². The zero-order valence-corrected chi connectivity index (χ0v) is 12.2. The van der Waals surface area contributed by atoms with E-state index >= 15 is 0 Å². The van der Waals surface area contributed by atoms with Crippen molar-refractivity contribution in [3.05, 3.63) is 12.0 Å². The monoisotopic (exact) mass is 290 g/mol. The number of aryl methyl sites for hydroxylation is 1. The molecule has 1 N–H and O–H groups in total. The molecule has 0 bridgehead atoms. The number of carbonyl (C=O) groups excluding carboxylic acids is 1. The van der Waals surface area contributed by atoms with E-state index < -0.39 is 0 Å². The molecule has 1 aliphatic heterocycles. The highest BCUT2D eigenvalue weighted by atomic mass is 16.6. The molecule has 3 heterocycles. The van der Waals surface area contributed by atoms with Crippen molar-refractivity contribution in [3.63, 3.8) is 0 Å². The Hall–Kier alpha value is -2.38. The molecule has 1 fully saturated rings. The van der Waals surface area contributed by atoms with Gasteiger partial charge >= 0.3 is 6.09 Å². The van der Waals surface area contributed by atoms with Crippen LogP contribution in [-0.4, -0.2) is 63.9 Å². The number of nitrogens with one attached hydrogen (secondary N) is 1. The SMILES string of the molecule is CCOC(=O)N1CCN(c2ncnc3c(C)[nH]nc23)CC1. The number of rotatable bonds is 2. The summed E-state index contributed by atoms with van der Waals surface area (Å²) >= 11 is 0. The van der Waals surface area contributed by atoms with E-state index in [-0.39, 0.29) is 6.09 Å². The molecule has 0 atom stereocenters. The molecule has 2 aromatic rings. The maximum absolute atomic E-state index is 11.7. The quantitative estimate of drug-likeness (QED) is 0.885. The average Bonchev–Trinajstić information content (AvgIpc) is 2.89. The van der Waals surface area contributed by atoms with Crippen LogP contribution in [0.3, 0.4) is 0 Å². The molecule has 8 nitrogen and oxygen atoms in total. The van der Waals surface area contributed by atoms with Gasteiger partial charge in [-0.2, -0.15) is 5.10 Å². The summed E-state index contributed by atoms with van der Waals surface area (Å²) in [6.45, 7) is 6.80. The molecular weight excluding hydrogens is 272 g/mol. The minimum Gasteiger partial charge on any atom is -0.450 e. The number of carbonyl (C=O) groups is 1. The molecule has 8 heteroatoms. The van der Waals surface area contributed by atoms with E-state index in [9.17, 15) is 4.79 Å². The molecule has 0 unspecified atom stereocenters. The maximum atomic E-state index is 11.7. The summed E-state index contributed by atoms with van der Waals surface area (Å²) in [6, 6.07) is 0. The van der Waals surface area contributed by atoms with Gasteiger partial charge in [-0.05, 0) is 13.8 Å². The number of H-pyrrole nitrogens is 1. The van der Waals surface area contributed by atoms with Gasteiger partial charge < -0.3 is 14.5 Å². The third-order valence-corrected chi connectivity index (χ3v) is 3.60. The van der Waals surface area contributed by atoms with Crippen LogP contribution in [0.2, 0.25) is 0 Å². The van der Waals surface area contributed by atoms with Crippen LogP contribution in [0.5, 0.6) is 0 Å².